The van der Waals surface area contributed by atoms with Gasteiger partial charge >= 0.3 is 5.76 Å². The molecule has 1 aromatic heterocycles. The van der Waals surface area contributed by atoms with E-state index in [2.05, 4.69) is 10.3 Å². The highest BCUT2D eigenvalue weighted by Gasteiger charge is 2.08. The van der Waals surface area contributed by atoms with Crippen LogP contribution < -0.4 is 15.8 Å². The number of aromatic amines is 1. The van der Waals surface area contributed by atoms with Gasteiger partial charge in [0, 0.05) is 22.8 Å². The lowest BCUT2D eigenvalue weighted by atomic mass is 10.2. The van der Waals surface area contributed by atoms with E-state index in [9.17, 15) is 4.79 Å². The summed E-state index contributed by atoms with van der Waals surface area (Å²) in [5.41, 5.74) is 2.90. The minimum atomic E-state index is -0.463. The molecule has 0 saturated heterocycles. The Hall–Kier alpha value is -2.40. The number of H-pyrrole nitrogens is 1. The molecule has 0 bridgehead atoms. The van der Waals surface area contributed by atoms with Crippen LogP contribution in [0, 0.1) is 0 Å². The third-order valence-electron chi connectivity index (χ3n) is 3.18. The first-order valence-corrected chi connectivity index (χ1v) is 6.73. The number of aromatic nitrogens is 1. The Balaban J connectivity index is 1.84. The lowest BCUT2D eigenvalue weighted by Crippen LogP contribution is -2.02. The zero-order valence-corrected chi connectivity index (χ0v) is 12.0. The van der Waals surface area contributed by atoms with Crippen molar-refractivity contribution in [2.24, 2.45) is 0 Å². The summed E-state index contributed by atoms with van der Waals surface area (Å²) >= 11 is 6.19. The predicted molar refractivity (Wildman–Crippen MR) is 82.2 cm³/mol. The monoisotopic (exact) mass is 304 g/mol. The number of hydrogen-bond acceptors (Lipinski definition) is 4. The zero-order chi connectivity index (χ0) is 14.8. The summed E-state index contributed by atoms with van der Waals surface area (Å²) in [6.45, 7) is 0.510. The number of rotatable bonds is 4. The fraction of sp³-hybridized carbons (Fsp3) is 0.133. The van der Waals surface area contributed by atoms with Gasteiger partial charge in [0.05, 0.1) is 12.6 Å². The van der Waals surface area contributed by atoms with E-state index < -0.39 is 5.76 Å². The molecule has 108 valence electrons. The average Bonchev–Trinajstić information content (AvgIpc) is 2.85. The lowest BCUT2D eigenvalue weighted by molar-refractivity contribution is 0.410. The van der Waals surface area contributed by atoms with Gasteiger partial charge in [-0.05, 0) is 30.3 Å². The molecule has 2 aromatic carbocycles. The molecule has 0 radical (unpaired) electrons. The van der Waals surface area contributed by atoms with Crippen LogP contribution in [0.4, 0.5) is 5.69 Å². The van der Waals surface area contributed by atoms with Crippen molar-refractivity contribution in [1.82, 2.24) is 4.98 Å². The molecular formula is C15H13ClN2O3. The van der Waals surface area contributed by atoms with Gasteiger partial charge in [0.1, 0.15) is 5.75 Å². The van der Waals surface area contributed by atoms with Crippen LogP contribution in [0.2, 0.25) is 5.02 Å². The van der Waals surface area contributed by atoms with Crippen LogP contribution in [0.25, 0.3) is 11.1 Å². The molecular weight excluding hydrogens is 292 g/mol. The Labute approximate surface area is 125 Å². The van der Waals surface area contributed by atoms with Gasteiger partial charge in [-0.25, -0.2) is 4.79 Å². The van der Waals surface area contributed by atoms with E-state index in [0.29, 0.717) is 22.7 Å². The molecule has 21 heavy (non-hydrogen) atoms. The molecule has 6 heteroatoms. The number of hydrogen-bond donors (Lipinski definition) is 2. The van der Waals surface area contributed by atoms with Crippen molar-refractivity contribution in [3.63, 3.8) is 0 Å². The Kier molecular flexibility index (Phi) is 3.58. The van der Waals surface area contributed by atoms with Crippen molar-refractivity contribution in [2.75, 3.05) is 12.4 Å². The summed E-state index contributed by atoms with van der Waals surface area (Å²) in [4.78, 5) is 13.7. The molecule has 3 aromatic rings. The third kappa shape index (κ3) is 2.73. The predicted octanol–water partition coefficient (Wildman–Crippen LogP) is 3.40. The summed E-state index contributed by atoms with van der Waals surface area (Å²) in [5, 5.41) is 3.89. The standard InChI is InChI=1S/C15H13ClN2O3/c1-20-13-4-2-3-11(16)10(13)8-17-9-5-6-14-12(7-9)18-15(19)21-14/h2-7,17H,8H2,1H3,(H,18,19). The summed E-state index contributed by atoms with van der Waals surface area (Å²) in [5.74, 6) is 0.266. The lowest BCUT2D eigenvalue weighted by Gasteiger charge is -2.12. The molecule has 0 aliphatic carbocycles. The number of halogens is 1. The quantitative estimate of drug-likeness (QED) is 0.775. The van der Waals surface area contributed by atoms with Crippen molar-refractivity contribution >= 4 is 28.4 Å². The second-order valence-electron chi connectivity index (χ2n) is 4.50. The van der Waals surface area contributed by atoms with Gasteiger partial charge in [-0.3, -0.25) is 4.98 Å². The van der Waals surface area contributed by atoms with Crippen molar-refractivity contribution < 1.29 is 9.15 Å². The van der Waals surface area contributed by atoms with E-state index in [0.717, 1.165) is 17.0 Å². The second kappa shape index (κ2) is 5.54. The average molecular weight is 305 g/mol. The highest BCUT2D eigenvalue weighted by molar-refractivity contribution is 6.31. The van der Waals surface area contributed by atoms with Gasteiger partial charge in [0.15, 0.2) is 5.58 Å². The van der Waals surface area contributed by atoms with Crippen LogP contribution >= 0.6 is 11.6 Å². The van der Waals surface area contributed by atoms with Gasteiger partial charge in [-0.15, -0.1) is 0 Å². The molecule has 0 fully saturated rings. The Morgan fingerprint density at radius 1 is 1.33 bits per heavy atom. The maximum Gasteiger partial charge on any atom is 0.417 e. The number of fused-ring (bicyclic) bond motifs is 1. The number of oxazole rings is 1. The summed E-state index contributed by atoms with van der Waals surface area (Å²) in [6.07, 6.45) is 0. The number of nitrogens with one attached hydrogen (secondary N) is 2. The topological polar surface area (TPSA) is 67.3 Å². The number of benzene rings is 2. The third-order valence-corrected chi connectivity index (χ3v) is 3.54. The molecule has 0 unspecified atom stereocenters. The largest absolute Gasteiger partial charge is 0.496 e. The second-order valence-corrected chi connectivity index (χ2v) is 4.91. The van der Waals surface area contributed by atoms with E-state index >= 15 is 0 Å². The van der Waals surface area contributed by atoms with Crippen LogP contribution in [0.1, 0.15) is 5.56 Å². The maximum absolute atomic E-state index is 11.1. The Morgan fingerprint density at radius 2 is 2.19 bits per heavy atom. The molecule has 5 nitrogen and oxygen atoms in total. The maximum atomic E-state index is 11.1. The van der Waals surface area contributed by atoms with Gasteiger partial charge in [0.25, 0.3) is 0 Å². The van der Waals surface area contributed by atoms with Crippen molar-refractivity contribution in [3.8, 4) is 5.75 Å². The highest BCUT2D eigenvalue weighted by atomic mass is 35.5. The van der Waals surface area contributed by atoms with Crippen LogP contribution in [0.3, 0.4) is 0 Å². The molecule has 0 aliphatic rings. The van der Waals surface area contributed by atoms with Crippen LogP contribution in [-0.2, 0) is 6.54 Å². The van der Waals surface area contributed by atoms with Crippen molar-refractivity contribution in [1.29, 1.82) is 0 Å². The van der Waals surface area contributed by atoms with Gasteiger partial charge in [-0.1, -0.05) is 17.7 Å². The fourth-order valence-corrected chi connectivity index (χ4v) is 2.39. The van der Waals surface area contributed by atoms with E-state index in [1.165, 1.54) is 0 Å². The molecule has 1 heterocycles. The first kappa shape index (κ1) is 13.6. The van der Waals surface area contributed by atoms with Crippen LogP contribution in [0.5, 0.6) is 5.75 Å². The van der Waals surface area contributed by atoms with Crippen LogP contribution in [0.15, 0.2) is 45.6 Å². The molecule has 0 saturated carbocycles. The van der Waals surface area contributed by atoms with Gasteiger partial charge in [-0.2, -0.15) is 0 Å². The number of ether oxygens (including phenoxy) is 1. The SMILES string of the molecule is COc1cccc(Cl)c1CNc1ccc2oc(=O)[nH]c2c1. The molecule has 0 aliphatic heterocycles. The summed E-state index contributed by atoms with van der Waals surface area (Å²) < 4.78 is 10.3. The molecule has 0 atom stereocenters. The van der Waals surface area contributed by atoms with Crippen molar-refractivity contribution in [2.45, 2.75) is 6.54 Å². The minimum Gasteiger partial charge on any atom is -0.496 e. The van der Waals surface area contributed by atoms with Gasteiger partial charge in [0.2, 0.25) is 0 Å². The normalized spacial score (nSPS) is 10.8. The number of methoxy groups -OCH3 is 1. The smallest absolute Gasteiger partial charge is 0.417 e. The molecule has 0 spiro atoms. The van der Waals surface area contributed by atoms with Gasteiger partial charge < -0.3 is 14.5 Å². The summed E-state index contributed by atoms with van der Waals surface area (Å²) in [7, 11) is 1.61. The first-order valence-electron chi connectivity index (χ1n) is 6.35. The molecule has 2 N–H and O–H groups in total. The minimum absolute atomic E-state index is 0.463. The number of anilines is 1. The van der Waals surface area contributed by atoms with E-state index in [4.69, 9.17) is 20.8 Å². The first-order chi connectivity index (χ1) is 10.2. The Morgan fingerprint density at radius 3 is 3.00 bits per heavy atom. The van der Waals surface area contributed by atoms with E-state index in [1.54, 1.807) is 13.2 Å². The summed E-state index contributed by atoms with van der Waals surface area (Å²) in [6, 6.07) is 10.9. The molecule has 0 amide bonds. The Bertz CT molecular complexity index is 838. The van der Waals surface area contributed by atoms with Crippen molar-refractivity contribution in [3.05, 3.63) is 57.5 Å². The zero-order valence-electron chi connectivity index (χ0n) is 11.3. The van der Waals surface area contributed by atoms with E-state index in [1.807, 2.05) is 30.3 Å². The highest BCUT2D eigenvalue weighted by Crippen LogP contribution is 2.27. The van der Waals surface area contributed by atoms with Crippen LogP contribution in [-0.4, -0.2) is 12.1 Å². The van der Waals surface area contributed by atoms with E-state index in [-0.39, 0.29) is 0 Å². The fourth-order valence-electron chi connectivity index (χ4n) is 2.15. The molecule has 3 rings (SSSR count).